The van der Waals surface area contributed by atoms with Crippen LogP contribution in [0.4, 0.5) is 5.69 Å². The third-order valence-electron chi connectivity index (χ3n) is 4.61. The van der Waals surface area contributed by atoms with E-state index in [-0.39, 0.29) is 11.7 Å². The third kappa shape index (κ3) is 6.24. The zero-order valence-corrected chi connectivity index (χ0v) is 20.9. The van der Waals surface area contributed by atoms with E-state index in [1.165, 1.54) is 11.8 Å². The maximum Gasteiger partial charge on any atom is 0.234 e. The van der Waals surface area contributed by atoms with Crippen LogP contribution in [0.1, 0.15) is 36.7 Å². The van der Waals surface area contributed by atoms with Crippen LogP contribution >= 0.6 is 39.3 Å². The first-order chi connectivity index (χ1) is 14.7. The van der Waals surface area contributed by atoms with Gasteiger partial charge in [0.15, 0.2) is 11.0 Å². The molecule has 0 fully saturated rings. The fourth-order valence-corrected chi connectivity index (χ4v) is 4.04. The summed E-state index contributed by atoms with van der Waals surface area (Å²) in [4.78, 5) is 12.3. The monoisotopic (exact) mass is 522 g/mol. The van der Waals surface area contributed by atoms with Gasteiger partial charge in [0.05, 0.1) is 10.8 Å². The Labute approximate surface area is 199 Å². The lowest BCUT2D eigenvalue weighted by atomic mass is 10.0. The quantitative estimate of drug-likeness (QED) is 0.368. The number of hydrogen-bond donors (Lipinski definition) is 1. The molecule has 3 rings (SSSR count). The molecular weight excluding hydrogens is 500 g/mol. The Balaban J connectivity index is 1.58. The summed E-state index contributed by atoms with van der Waals surface area (Å²) in [5.74, 6) is 1.97. The van der Waals surface area contributed by atoms with Crippen molar-refractivity contribution in [2.45, 2.75) is 38.5 Å². The molecule has 0 spiro atoms. The molecule has 0 aliphatic rings. The van der Waals surface area contributed by atoms with Crippen molar-refractivity contribution in [1.29, 1.82) is 0 Å². The molecule has 0 saturated carbocycles. The molecule has 31 heavy (non-hydrogen) atoms. The zero-order chi connectivity index (χ0) is 22.5. The van der Waals surface area contributed by atoms with E-state index in [9.17, 15) is 4.79 Å². The number of amides is 1. The Hall–Kier alpha value is -2.03. The van der Waals surface area contributed by atoms with Crippen LogP contribution in [0.25, 0.3) is 0 Å². The van der Waals surface area contributed by atoms with Crippen LogP contribution in [0.5, 0.6) is 5.75 Å². The van der Waals surface area contributed by atoms with E-state index in [1.54, 1.807) is 18.2 Å². The van der Waals surface area contributed by atoms with E-state index in [2.05, 4.69) is 57.4 Å². The van der Waals surface area contributed by atoms with Gasteiger partial charge in [0.2, 0.25) is 5.91 Å². The van der Waals surface area contributed by atoms with Crippen LogP contribution in [-0.2, 0) is 18.4 Å². The van der Waals surface area contributed by atoms with Gasteiger partial charge >= 0.3 is 0 Å². The number of anilines is 1. The van der Waals surface area contributed by atoms with Crippen molar-refractivity contribution in [2.24, 2.45) is 7.05 Å². The first-order valence-corrected chi connectivity index (χ1v) is 11.9. The predicted octanol–water partition coefficient (Wildman–Crippen LogP) is 5.97. The number of benzene rings is 2. The molecule has 2 aromatic carbocycles. The molecule has 1 amide bonds. The van der Waals surface area contributed by atoms with Crippen LogP contribution in [0, 0.1) is 6.92 Å². The van der Waals surface area contributed by atoms with Gasteiger partial charge in [-0.05, 0) is 64.2 Å². The maximum absolute atomic E-state index is 12.3. The normalized spacial score (nSPS) is 11.1. The van der Waals surface area contributed by atoms with Crippen molar-refractivity contribution in [3.8, 4) is 5.75 Å². The number of thioether (sulfide) groups is 1. The molecule has 6 nitrogen and oxygen atoms in total. The number of ether oxygens (including phenoxy) is 1. The maximum atomic E-state index is 12.3. The van der Waals surface area contributed by atoms with Crippen molar-refractivity contribution in [3.63, 3.8) is 0 Å². The number of aromatic nitrogens is 3. The molecule has 0 bridgehead atoms. The van der Waals surface area contributed by atoms with Gasteiger partial charge in [0, 0.05) is 17.2 Å². The SMILES string of the molecule is Cc1ccc(C(C)C)c(OCc2nnc(SCC(=O)Nc3ccc(Br)c(Cl)c3)n2C)c1. The lowest BCUT2D eigenvalue weighted by molar-refractivity contribution is -0.113. The van der Waals surface area contributed by atoms with E-state index >= 15 is 0 Å². The number of nitrogens with zero attached hydrogens (tertiary/aromatic N) is 3. The molecule has 1 aromatic heterocycles. The standard InChI is InChI=1S/C22H24BrClN4O2S/c1-13(2)16-7-5-14(3)9-19(16)30-11-20-26-27-22(28(20)4)31-12-21(29)25-15-6-8-17(23)18(24)10-15/h5-10,13H,11-12H2,1-4H3,(H,25,29). The summed E-state index contributed by atoms with van der Waals surface area (Å²) in [5, 5.41) is 12.4. The average Bonchev–Trinajstić information content (AvgIpc) is 3.07. The Morgan fingerprint density at radius 1 is 1.26 bits per heavy atom. The van der Waals surface area contributed by atoms with Gasteiger partial charge in [-0.15, -0.1) is 10.2 Å². The molecule has 164 valence electrons. The number of aryl methyl sites for hydroxylation is 1. The summed E-state index contributed by atoms with van der Waals surface area (Å²) >= 11 is 10.7. The molecular formula is C22H24BrClN4O2S. The fourth-order valence-electron chi connectivity index (χ4n) is 2.88. The Kier molecular flexibility index (Phi) is 8.02. The lowest BCUT2D eigenvalue weighted by Crippen LogP contribution is -2.14. The van der Waals surface area contributed by atoms with Gasteiger partial charge < -0.3 is 14.6 Å². The molecule has 0 saturated heterocycles. The van der Waals surface area contributed by atoms with E-state index in [1.807, 2.05) is 24.6 Å². The number of halogens is 2. The molecule has 0 atom stereocenters. The van der Waals surface area contributed by atoms with Crippen LogP contribution in [0.2, 0.25) is 5.02 Å². The molecule has 0 radical (unpaired) electrons. The fraction of sp³-hybridized carbons (Fsp3) is 0.318. The van der Waals surface area contributed by atoms with E-state index in [0.717, 1.165) is 21.3 Å². The molecule has 1 N–H and O–H groups in total. The topological polar surface area (TPSA) is 69.0 Å². The van der Waals surface area contributed by atoms with Crippen molar-refractivity contribution in [2.75, 3.05) is 11.1 Å². The largest absolute Gasteiger partial charge is 0.485 e. The first kappa shape index (κ1) is 23.6. The first-order valence-electron chi connectivity index (χ1n) is 9.74. The third-order valence-corrected chi connectivity index (χ3v) is 6.86. The van der Waals surface area contributed by atoms with Crippen molar-refractivity contribution in [3.05, 3.63) is 62.8 Å². The number of nitrogens with one attached hydrogen (secondary N) is 1. The second-order valence-electron chi connectivity index (χ2n) is 7.41. The minimum atomic E-state index is -0.148. The van der Waals surface area contributed by atoms with E-state index in [0.29, 0.717) is 34.2 Å². The molecule has 0 unspecified atom stereocenters. The van der Waals surface area contributed by atoms with Gasteiger partial charge in [-0.3, -0.25) is 4.79 Å². The van der Waals surface area contributed by atoms with Crippen LogP contribution in [0.15, 0.2) is 46.0 Å². The minimum absolute atomic E-state index is 0.148. The highest BCUT2D eigenvalue weighted by Crippen LogP contribution is 2.28. The Bertz CT molecular complexity index is 1090. The van der Waals surface area contributed by atoms with Crippen LogP contribution in [0.3, 0.4) is 0 Å². The molecule has 0 aliphatic heterocycles. The predicted molar refractivity (Wildman–Crippen MR) is 129 cm³/mol. The summed E-state index contributed by atoms with van der Waals surface area (Å²) in [6.07, 6.45) is 0. The second-order valence-corrected chi connectivity index (χ2v) is 9.61. The van der Waals surface area contributed by atoms with Gasteiger partial charge in [0.1, 0.15) is 12.4 Å². The summed E-state index contributed by atoms with van der Waals surface area (Å²) in [5.41, 5.74) is 2.95. The zero-order valence-electron chi connectivity index (χ0n) is 17.8. The highest BCUT2D eigenvalue weighted by molar-refractivity contribution is 9.10. The molecule has 3 aromatic rings. The summed E-state index contributed by atoms with van der Waals surface area (Å²) in [6.45, 7) is 6.63. The summed E-state index contributed by atoms with van der Waals surface area (Å²) in [6, 6.07) is 11.5. The summed E-state index contributed by atoms with van der Waals surface area (Å²) in [7, 11) is 1.87. The second kappa shape index (κ2) is 10.5. The van der Waals surface area contributed by atoms with Crippen LogP contribution in [-0.4, -0.2) is 26.4 Å². The van der Waals surface area contributed by atoms with Gasteiger partial charge in [0.25, 0.3) is 0 Å². The van der Waals surface area contributed by atoms with E-state index in [4.69, 9.17) is 16.3 Å². The van der Waals surface area contributed by atoms with Crippen LogP contribution < -0.4 is 10.1 Å². The van der Waals surface area contributed by atoms with Crippen molar-refractivity contribution >= 4 is 50.9 Å². The molecule has 9 heteroatoms. The van der Waals surface area contributed by atoms with Crippen molar-refractivity contribution < 1.29 is 9.53 Å². The lowest BCUT2D eigenvalue weighted by Gasteiger charge is -2.14. The van der Waals surface area contributed by atoms with Crippen molar-refractivity contribution in [1.82, 2.24) is 14.8 Å². The average molecular weight is 524 g/mol. The number of hydrogen-bond acceptors (Lipinski definition) is 5. The summed E-state index contributed by atoms with van der Waals surface area (Å²) < 4.78 is 8.68. The van der Waals surface area contributed by atoms with Gasteiger partial charge in [-0.1, -0.05) is 49.3 Å². The number of rotatable bonds is 8. The Morgan fingerprint density at radius 3 is 2.74 bits per heavy atom. The molecule has 0 aliphatic carbocycles. The number of carbonyl (C=O) groups excluding carboxylic acids is 1. The number of carbonyl (C=O) groups is 1. The molecule has 1 heterocycles. The highest BCUT2D eigenvalue weighted by Gasteiger charge is 2.14. The smallest absolute Gasteiger partial charge is 0.234 e. The van der Waals surface area contributed by atoms with Gasteiger partial charge in [-0.25, -0.2) is 0 Å². The van der Waals surface area contributed by atoms with Gasteiger partial charge in [-0.2, -0.15) is 0 Å². The van der Waals surface area contributed by atoms with E-state index < -0.39 is 0 Å². The Morgan fingerprint density at radius 2 is 2.03 bits per heavy atom. The minimum Gasteiger partial charge on any atom is -0.485 e. The highest BCUT2D eigenvalue weighted by atomic mass is 79.9.